The Balaban J connectivity index is 1.66. The van der Waals surface area contributed by atoms with Crippen LogP contribution in [0.25, 0.3) is 0 Å². The fourth-order valence-electron chi connectivity index (χ4n) is 7.74. The van der Waals surface area contributed by atoms with Gasteiger partial charge in [0.1, 0.15) is 0 Å². The highest BCUT2D eigenvalue weighted by atomic mass is 19.4. The van der Waals surface area contributed by atoms with Crippen LogP contribution in [0.1, 0.15) is 65.7 Å². The van der Waals surface area contributed by atoms with Crippen molar-refractivity contribution in [3.8, 4) is 0 Å². The van der Waals surface area contributed by atoms with Crippen molar-refractivity contribution in [1.29, 1.82) is 0 Å². The summed E-state index contributed by atoms with van der Waals surface area (Å²) in [4.78, 5) is 12.2. The van der Waals surface area contributed by atoms with Crippen LogP contribution in [0.2, 0.25) is 0 Å². The first-order valence-corrected chi connectivity index (χ1v) is 10.5. The molecular weight excluding hydrogens is 375 g/mol. The molecule has 4 aliphatic carbocycles. The SMILES string of the molecule is CC1=C[C@@]2(C)[C@@H](CC[C@@H]3[C@@H]2CC[C@@]2(C)[C@H]3CC[C@H]2C(F)(F)C(F)(F)F)CC1=O. The van der Waals surface area contributed by atoms with Crippen LogP contribution in [-0.4, -0.2) is 17.9 Å². The van der Waals surface area contributed by atoms with Gasteiger partial charge in [0, 0.05) is 12.3 Å². The van der Waals surface area contributed by atoms with Crippen LogP contribution in [0.4, 0.5) is 22.0 Å². The molecule has 0 amide bonds. The quantitative estimate of drug-likeness (QED) is 0.451. The van der Waals surface area contributed by atoms with Gasteiger partial charge in [-0.25, -0.2) is 0 Å². The molecule has 28 heavy (non-hydrogen) atoms. The van der Waals surface area contributed by atoms with E-state index in [1.165, 1.54) is 0 Å². The van der Waals surface area contributed by atoms with Gasteiger partial charge in [-0.05, 0) is 85.5 Å². The Morgan fingerprint density at radius 1 is 0.964 bits per heavy atom. The molecule has 0 radical (unpaired) electrons. The van der Waals surface area contributed by atoms with E-state index in [4.69, 9.17) is 0 Å². The van der Waals surface area contributed by atoms with Gasteiger partial charge in [-0.1, -0.05) is 19.9 Å². The fraction of sp³-hybridized carbons (Fsp3) is 0.864. The van der Waals surface area contributed by atoms with Crippen LogP contribution in [0, 0.1) is 40.4 Å². The monoisotopic (exact) mass is 404 g/mol. The lowest BCUT2D eigenvalue weighted by Gasteiger charge is -2.59. The predicted octanol–water partition coefficient (Wildman–Crippen LogP) is 6.58. The van der Waals surface area contributed by atoms with Gasteiger partial charge in [-0.3, -0.25) is 4.79 Å². The van der Waals surface area contributed by atoms with E-state index in [1.807, 2.05) is 6.92 Å². The number of halogens is 5. The number of fused-ring (bicyclic) bond motifs is 5. The van der Waals surface area contributed by atoms with Crippen molar-refractivity contribution in [2.75, 3.05) is 0 Å². The van der Waals surface area contributed by atoms with Crippen LogP contribution in [0.5, 0.6) is 0 Å². The van der Waals surface area contributed by atoms with E-state index in [0.717, 1.165) is 18.4 Å². The summed E-state index contributed by atoms with van der Waals surface area (Å²) in [7, 11) is 0. The standard InChI is InChI=1S/C22H29F5O/c1-12-11-20(3)13(10-17(12)28)4-5-14-15-6-7-18(21(23,24)22(25,26)27)19(15,2)9-8-16(14)20/h11,13-16,18H,4-10H2,1-3H3/t13-,14-,15-,16-,18+,19-,20-/m0/s1. The molecule has 4 aliphatic rings. The van der Waals surface area contributed by atoms with Gasteiger partial charge < -0.3 is 0 Å². The molecule has 6 heteroatoms. The first-order chi connectivity index (χ1) is 12.8. The predicted molar refractivity (Wildman–Crippen MR) is 95.7 cm³/mol. The van der Waals surface area contributed by atoms with Crippen LogP contribution in [0.15, 0.2) is 11.6 Å². The number of hydrogen-bond donors (Lipinski definition) is 0. The molecule has 3 fully saturated rings. The van der Waals surface area contributed by atoms with Gasteiger partial charge in [-0.2, -0.15) is 22.0 Å². The normalized spacial score (nSPS) is 46.5. The topological polar surface area (TPSA) is 17.1 Å². The number of rotatable bonds is 1. The van der Waals surface area contributed by atoms with E-state index >= 15 is 0 Å². The van der Waals surface area contributed by atoms with Crippen molar-refractivity contribution in [3.05, 3.63) is 11.6 Å². The van der Waals surface area contributed by atoms with Crippen molar-refractivity contribution in [2.45, 2.75) is 77.8 Å². The maximum atomic E-state index is 14.3. The van der Waals surface area contributed by atoms with E-state index in [-0.39, 0.29) is 41.3 Å². The minimum Gasteiger partial charge on any atom is -0.295 e. The van der Waals surface area contributed by atoms with Gasteiger partial charge >= 0.3 is 12.1 Å². The Labute approximate surface area is 163 Å². The smallest absolute Gasteiger partial charge is 0.295 e. The van der Waals surface area contributed by atoms with Crippen molar-refractivity contribution in [2.24, 2.45) is 40.4 Å². The second-order valence-electron chi connectivity index (χ2n) is 10.3. The molecule has 3 saturated carbocycles. The van der Waals surface area contributed by atoms with E-state index in [0.29, 0.717) is 25.7 Å². The number of carbonyl (C=O) groups is 1. The Morgan fingerprint density at radius 2 is 1.64 bits per heavy atom. The van der Waals surface area contributed by atoms with E-state index < -0.39 is 23.4 Å². The van der Waals surface area contributed by atoms with Gasteiger partial charge in [0.15, 0.2) is 5.78 Å². The minimum absolute atomic E-state index is 0.0512. The number of ketones is 1. The molecule has 0 saturated heterocycles. The average Bonchev–Trinajstić information content (AvgIpc) is 2.93. The summed E-state index contributed by atoms with van der Waals surface area (Å²) < 4.78 is 68.0. The van der Waals surface area contributed by atoms with E-state index in [2.05, 4.69) is 13.0 Å². The fourth-order valence-corrected chi connectivity index (χ4v) is 7.74. The number of carbonyl (C=O) groups excluding carboxylic acids is 1. The lowest BCUT2D eigenvalue weighted by Crippen LogP contribution is -2.55. The molecule has 0 aromatic rings. The maximum Gasteiger partial charge on any atom is 0.453 e. The van der Waals surface area contributed by atoms with Crippen LogP contribution >= 0.6 is 0 Å². The molecule has 1 nitrogen and oxygen atoms in total. The Hall–Kier alpha value is -0.940. The highest BCUT2D eigenvalue weighted by Crippen LogP contribution is 2.69. The second-order valence-corrected chi connectivity index (χ2v) is 10.3. The third-order valence-electron chi connectivity index (χ3n) is 9.18. The van der Waals surface area contributed by atoms with Gasteiger partial charge in [-0.15, -0.1) is 0 Å². The molecule has 0 N–H and O–H groups in total. The molecule has 0 aliphatic heterocycles. The zero-order valence-corrected chi connectivity index (χ0v) is 16.7. The maximum absolute atomic E-state index is 14.3. The summed E-state index contributed by atoms with van der Waals surface area (Å²) in [5.41, 5.74) is -0.333. The molecule has 158 valence electrons. The molecule has 0 bridgehead atoms. The molecule has 0 heterocycles. The highest BCUT2D eigenvalue weighted by molar-refractivity contribution is 5.96. The van der Waals surface area contributed by atoms with Crippen LogP contribution in [-0.2, 0) is 4.79 Å². The minimum atomic E-state index is -5.49. The Bertz CT molecular complexity index is 710. The first kappa shape index (κ1) is 20.3. The number of alkyl halides is 5. The summed E-state index contributed by atoms with van der Waals surface area (Å²) in [5.74, 6) is -5.44. The highest BCUT2D eigenvalue weighted by Gasteiger charge is 2.71. The average molecular weight is 404 g/mol. The van der Waals surface area contributed by atoms with E-state index in [1.54, 1.807) is 6.92 Å². The molecule has 7 atom stereocenters. The second kappa shape index (κ2) is 6.04. The zero-order chi connectivity index (χ0) is 20.7. The van der Waals surface area contributed by atoms with Crippen molar-refractivity contribution in [1.82, 2.24) is 0 Å². The van der Waals surface area contributed by atoms with Crippen LogP contribution < -0.4 is 0 Å². The van der Waals surface area contributed by atoms with Gasteiger partial charge in [0.25, 0.3) is 0 Å². The number of Topliss-reactive ketones (excluding diaryl/α,β-unsaturated/α-hetero) is 1. The summed E-state index contributed by atoms with van der Waals surface area (Å²) in [6.45, 7) is 5.71. The Morgan fingerprint density at radius 3 is 2.29 bits per heavy atom. The van der Waals surface area contributed by atoms with E-state index in [9.17, 15) is 26.7 Å². The molecular formula is C22H29F5O. The lowest BCUT2D eigenvalue weighted by molar-refractivity contribution is -0.316. The lowest BCUT2D eigenvalue weighted by atomic mass is 9.45. The molecule has 4 rings (SSSR count). The van der Waals surface area contributed by atoms with Crippen molar-refractivity contribution >= 4 is 5.78 Å². The van der Waals surface area contributed by atoms with Crippen LogP contribution in [0.3, 0.4) is 0 Å². The van der Waals surface area contributed by atoms with Gasteiger partial charge in [0.05, 0.1) is 0 Å². The van der Waals surface area contributed by atoms with Gasteiger partial charge in [0.2, 0.25) is 0 Å². The molecule has 0 spiro atoms. The van der Waals surface area contributed by atoms with Crippen molar-refractivity contribution in [3.63, 3.8) is 0 Å². The first-order valence-electron chi connectivity index (χ1n) is 10.5. The Kier molecular flexibility index (Phi) is 4.39. The van der Waals surface area contributed by atoms with Crippen molar-refractivity contribution < 1.29 is 26.7 Å². The summed E-state index contributed by atoms with van der Waals surface area (Å²) >= 11 is 0. The molecule has 0 aromatic carbocycles. The molecule has 0 unspecified atom stereocenters. The molecule has 0 aromatic heterocycles. The summed E-state index contributed by atoms with van der Waals surface area (Å²) in [5, 5.41) is 0. The summed E-state index contributed by atoms with van der Waals surface area (Å²) in [6.07, 6.45) is 0.347. The summed E-state index contributed by atoms with van der Waals surface area (Å²) in [6, 6.07) is 0. The number of hydrogen-bond acceptors (Lipinski definition) is 1. The largest absolute Gasteiger partial charge is 0.453 e. The third kappa shape index (κ3) is 2.57. The number of allylic oxidation sites excluding steroid dienone is 2. The third-order valence-corrected chi connectivity index (χ3v) is 9.18. The zero-order valence-electron chi connectivity index (χ0n) is 16.7.